The number of hydrogen-bond donors (Lipinski definition) is 1. The molecule has 0 aliphatic rings. The van der Waals surface area contributed by atoms with Gasteiger partial charge in [0.05, 0.1) is 10.9 Å². The molecule has 1 heterocycles. The standard InChI is InChI=1S/C13H9IN2O/c14-13-12-10(15-16-13)7-4-8-11(12)17-9-5-2-1-3-6-9/h1-8H,(H,15,16). The van der Waals surface area contributed by atoms with Crippen LogP contribution in [0.15, 0.2) is 48.5 Å². The first-order valence-corrected chi connectivity index (χ1v) is 6.28. The Labute approximate surface area is 112 Å². The summed E-state index contributed by atoms with van der Waals surface area (Å²) in [4.78, 5) is 0. The molecule has 0 radical (unpaired) electrons. The summed E-state index contributed by atoms with van der Waals surface area (Å²) in [6, 6.07) is 15.6. The van der Waals surface area contributed by atoms with Crippen molar-refractivity contribution < 1.29 is 4.74 Å². The maximum atomic E-state index is 5.87. The van der Waals surface area contributed by atoms with E-state index in [1.807, 2.05) is 48.5 Å². The van der Waals surface area contributed by atoms with Gasteiger partial charge in [-0.1, -0.05) is 24.3 Å². The molecule has 2 aromatic carbocycles. The summed E-state index contributed by atoms with van der Waals surface area (Å²) in [5.74, 6) is 1.66. The number of halogens is 1. The molecule has 17 heavy (non-hydrogen) atoms. The molecule has 0 aliphatic heterocycles. The number of aromatic amines is 1. The number of benzene rings is 2. The van der Waals surface area contributed by atoms with Crippen LogP contribution >= 0.6 is 22.6 Å². The highest BCUT2D eigenvalue weighted by Crippen LogP contribution is 2.31. The van der Waals surface area contributed by atoms with E-state index in [4.69, 9.17) is 4.74 Å². The van der Waals surface area contributed by atoms with Gasteiger partial charge in [-0.05, 0) is 46.9 Å². The fraction of sp³-hybridized carbons (Fsp3) is 0. The quantitative estimate of drug-likeness (QED) is 0.720. The Morgan fingerprint density at radius 3 is 2.65 bits per heavy atom. The number of aromatic nitrogens is 2. The van der Waals surface area contributed by atoms with Gasteiger partial charge in [0.2, 0.25) is 0 Å². The van der Waals surface area contributed by atoms with Crippen molar-refractivity contribution in [1.82, 2.24) is 10.2 Å². The maximum absolute atomic E-state index is 5.87. The number of ether oxygens (including phenoxy) is 1. The van der Waals surface area contributed by atoms with Gasteiger partial charge in [0, 0.05) is 0 Å². The molecule has 3 aromatic rings. The molecule has 4 heteroatoms. The molecule has 0 unspecified atom stereocenters. The van der Waals surface area contributed by atoms with E-state index >= 15 is 0 Å². The fourth-order valence-electron chi connectivity index (χ4n) is 1.70. The molecular formula is C13H9IN2O. The minimum Gasteiger partial charge on any atom is -0.457 e. The van der Waals surface area contributed by atoms with Crippen LogP contribution in [-0.4, -0.2) is 10.2 Å². The molecule has 0 saturated carbocycles. The topological polar surface area (TPSA) is 37.9 Å². The van der Waals surface area contributed by atoms with Gasteiger partial charge in [-0.3, -0.25) is 5.10 Å². The van der Waals surface area contributed by atoms with Crippen LogP contribution in [0.2, 0.25) is 0 Å². The Bertz CT molecular complexity index is 649. The first-order valence-electron chi connectivity index (χ1n) is 5.20. The van der Waals surface area contributed by atoms with Gasteiger partial charge in [0.25, 0.3) is 0 Å². The summed E-state index contributed by atoms with van der Waals surface area (Å²) in [6.07, 6.45) is 0. The highest BCUT2D eigenvalue weighted by Gasteiger charge is 2.09. The minimum atomic E-state index is 0.826. The van der Waals surface area contributed by atoms with Crippen LogP contribution in [0.5, 0.6) is 11.5 Å². The Kier molecular flexibility index (Phi) is 2.72. The van der Waals surface area contributed by atoms with Gasteiger partial charge < -0.3 is 4.74 Å². The third kappa shape index (κ3) is 2.00. The minimum absolute atomic E-state index is 0.826. The summed E-state index contributed by atoms with van der Waals surface area (Å²) in [6.45, 7) is 0. The van der Waals surface area contributed by atoms with Crippen molar-refractivity contribution >= 4 is 33.5 Å². The molecule has 0 spiro atoms. The van der Waals surface area contributed by atoms with E-state index < -0.39 is 0 Å². The Hall–Kier alpha value is -1.56. The maximum Gasteiger partial charge on any atom is 0.139 e. The molecule has 3 nitrogen and oxygen atoms in total. The van der Waals surface area contributed by atoms with Crippen molar-refractivity contribution in [2.75, 3.05) is 0 Å². The molecule has 0 aliphatic carbocycles. The second-order valence-corrected chi connectivity index (χ2v) is 4.63. The van der Waals surface area contributed by atoms with Crippen molar-refractivity contribution in [3.8, 4) is 11.5 Å². The lowest BCUT2D eigenvalue weighted by molar-refractivity contribution is 0.488. The van der Waals surface area contributed by atoms with Gasteiger partial charge in [-0.25, -0.2) is 0 Å². The van der Waals surface area contributed by atoms with Crippen molar-refractivity contribution in [3.05, 3.63) is 52.2 Å². The normalized spacial score (nSPS) is 10.6. The van der Waals surface area contributed by atoms with E-state index in [-0.39, 0.29) is 0 Å². The number of rotatable bonds is 2. The van der Waals surface area contributed by atoms with Crippen LogP contribution in [0.25, 0.3) is 10.9 Å². The predicted molar refractivity (Wildman–Crippen MR) is 75.3 cm³/mol. The van der Waals surface area contributed by atoms with E-state index in [0.717, 1.165) is 26.1 Å². The van der Waals surface area contributed by atoms with Gasteiger partial charge in [-0.15, -0.1) is 0 Å². The van der Waals surface area contributed by atoms with Gasteiger partial charge in [0.1, 0.15) is 15.2 Å². The molecule has 1 N–H and O–H groups in total. The lowest BCUT2D eigenvalue weighted by atomic mass is 10.2. The third-order valence-electron chi connectivity index (χ3n) is 2.48. The SMILES string of the molecule is Ic1n[nH]c2cccc(Oc3ccccc3)c12. The van der Waals surface area contributed by atoms with Crippen LogP contribution in [-0.2, 0) is 0 Å². The van der Waals surface area contributed by atoms with Crippen molar-refractivity contribution in [3.63, 3.8) is 0 Å². The van der Waals surface area contributed by atoms with E-state index in [1.54, 1.807) is 0 Å². The van der Waals surface area contributed by atoms with E-state index in [2.05, 4.69) is 32.8 Å². The van der Waals surface area contributed by atoms with Gasteiger partial charge in [0.15, 0.2) is 0 Å². The predicted octanol–water partition coefficient (Wildman–Crippen LogP) is 3.96. The van der Waals surface area contributed by atoms with Crippen LogP contribution in [0.1, 0.15) is 0 Å². The second-order valence-electron chi connectivity index (χ2n) is 3.61. The monoisotopic (exact) mass is 336 g/mol. The molecular weight excluding hydrogens is 327 g/mol. The molecule has 3 rings (SSSR count). The highest BCUT2D eigenvalue weighted by atomic mass is 127. The van der Waals surface area contributed by atoms with Crippen LogP contribution in [0.3, 0.4) is 0 Å². The average molecular weight is 336 g/mol. The van der Waals surface area contributed by atoms with Crippen LogP contribution < -0.4 is 4.74 Å². The number of fused-ring (bicyclic) bond motifs is 1. The molecule has 0 bridgehead atoms. The first-order chi connectivity index (χ1) is 8.34. The number of H-pyrrole nitrogens is 1. The zero-order chi connectivity index (χ0) is 11.7. The van der Waals surface area contributed by atoms with E-state index in [9.17, 15) is 0 Å². The average Bonchev–Trinajstić information content (AvgIpc) is 2.74. The lowest BCUT2D eigenvalue weighted by Crippen LogP contribution is -1.85. The number of nitrogens with one attached hydrogen (secondary N) is 1. The summed E-state index contributed by atoms with van der Waals surface area (Å²) < 4.78 is 6.79. The highest BCUT2D eigenvalue weighted by molar-refractivity contribution is 14.1. The summed E-state index contributed by atoms with van der Waals surface area (Å²) in [7, 11) is 0. The molecule has 0 saturated heterocycles. The van der Waals surface area contributed by atoms with E-state index in [1.165, 1.54) is 0 Å². The second kappa shape index (κ2) is 4.37. The van der Waals surface area contributed by atoms with E-state index in [0.29, 0.717) is 0 Å². The third-order valence-corrected chi connectivity index (χ3v) is 3.26. The van der Waals surface area contributed by atoms with Crippen LogP contribution in [0, 0.1) is 3.70 Å². The number of nitrogens with zero attached hydrogens (tertiary/aromatic N) is 1. The largest absolute Gasteiger partial charge is 0.457 e. The number of hydrogen-bond acceptors (Lipinski definition) is 2. The zero-order valence-corrected chi connectivity index (χ0v) is 11.0. The molecule has 1 aromatic heterocycles. The smallest absolute Gasteiger partial charge is 0.139 e. The summed E-state index contributed by atoms with van der Waals surface area (Å²) in [5, 5.41) is 8.18. The molecule has 0 fully saturated rings. The lowest BCUT2D eigenvalue weighted by Gasteiger charge is -2.06. The summed E-state index contributed by atoms with van der Waals surface area (Å²) in [5.41, 5.74) is 0.989. The fourth-order valence-corrected chi connectivity index (χ4v) is 2.38. The van der Waals surface area contributed by atoms with Crippen molar-refractivity contribution in [2.45, 2.75) is 0 Å². The van der Waals surface area contributed by atoms with Crippen molar-refractivity contribution in [1.29, 1.82) is 0 Å². The van der Waals surface area contributed by atoms with Crippen LogP contribution in [0.4, 0.5) is 0 Å². The molecule has 0 amide bonds. The molecule has 84 valence electrons. The van der Waals surface area contributed by atoms with Gasteiger partial charge >= 0.3 is 0 Å². The Morgan fingerprint density at radius 2 is 1.82 bits per heavy atom. The van der Waals surface area contributed by atoms with Gasteiger partial charge in [-0.2, -0.15) is 5.10 Å². The first kappa shape index (κ1) is 10.6. The molecule has 0 atom stereocenters. The Balaban J connectivity index is 2.09. The summed E-state index contributed by atoms with van der Waals surface area (Å²) >= 11 is 2.20. The zero-order valence-electron chi connectivity index (χ0n) is 8.85. The van der Waals surface area contributed by atoms with Crippen molar-refractivity contribution in [2.24, 2.45) is 0 Å². The Morgan fingerprint density at radius 1 is 1.00 bits per heavy atom. The number of para-hydroxylation sites is 1.